The Labute approximate surface area is 185 Å². The number of anilines is 2. The fraction of sp³-hybridized carbons (Fsp3) is 0.318. The van der Waals surface area contributed by atoms with Gasteiger partial charge >= 0.3 is 6.03 Å². The number of urea groups is 1. The average molecular weight is 442 g/mol. The number of nitrogens with one attached hydrogen (secondary N) is 2. The second-order valence-corrected chi connectivity index (χ2v) is 7.75. The first-order chi connectivity index (χ1) is 15.0. The van der Waals surface area contributed by atoms with Gasteiger partial charge in [0.2, 0.25) is 0 Å². The van der Waals surface area contributed by atoms with Crippen LogP contribution in [0.1, 0.15) is 12.8 Å². The van der Waals surface area contributed by atoms with E-state index in [-0.39, 0.29) is 11.9 Å². The fourth-order valence-corrected chi connectivity index (χ4v) is 3.72. The zero-order valence-corrected chi connectivity index (χ0v) is 18.0. The summed E-state index contributed by atoms with van der Waals surface area (Å²) in [5, 5.41) is 10.7. The maximum Gasteiger partial charge on any atom is 0.323 e. The predicted octanol–water partition coefficient (Wildman–Crippen LogP) is 3.73. The molecule has 2 aliphatic rings. The monoisotopic (exact) mass is 441 g/mol. The SMILES string of the molecule is Cn1nc(-c2ccc(NC(=O)C3=CCCC=C3Cl)cc2)cc1NC(=O)N1CCOCC1. The minimum Gasteiger partial charge on any atom is -0.378 e. The fourth-order valence-electron chi connectivity index (χ4n) is 3.45. The largest absolute Gasteiger partial charge is 0.378 e. The molecule has 4 rings (SSSR count). The maximum atomic E-state index is 12.4. The topological polar surface area (TPSA) is 88.5 Å². The van der Waals surface area contributed by atoms with Gasteiger partial charge in [0.15, 0.2) is 0 Å². The van der Waals surface area contributed by atoms with Crippen molar-refractivity contribution in [2.75, 3.05) is 36.9 Å². The lowest BCUT2D eigenvalue weighted by Gasteiger charge is -2.26. The average Bonchev–Trinajstić information content (AvgIpc) is 3.15. The van der Waals surface area contributed by atoms with Crippen LogP contribution in [0, 0.1) is 0 Å². The quantitative estimate of drug-likeness (QED) is 0.756. The first-order valence-electron chi connectivity index (χ1n) is 10.2. The molecule has 0 atom stereocenters. The molecule has 2 heterocycles. The summed E-state index contributed by atoms with van der Waals surface area (Å²) in [6, 6.07) is 9.03. The molecule has 0 spiro atoms. The molecule has 0 saturated carbocycles. The van der Waals surface area contributed by atoms with E-state index in [9.17, 15) is 9.59 Å². The highest BCUT2D eigenvalue weighted by Gasteiger charge is 2.19. The Bertz CT molecular complexity index is 1040. The van der Waals surface area contributed by atoms with E-state index in [0.717, 1.165) is 24.1 Å². The number of hydrogen-bond acceptors (Lipinski definition) is 4. The van der Waals surface area contributed by atoms with E-state index in [4.69, 9.17) is 16.3 Å². The normalized spacial score (nSPS) is 16.4. The third-order valence-corrected chi connectivity index (χ3v) is 5.55. The molecule has 3 amide bonds. The van der Waals surface area contributed by atoms with Crippen molar-refractivity contribution in [3.8, 4) is 11.3 Å². The number of halogens is 1. The van der Waals surface area contributed by atoms with Crippen molar-refractivity contribution in [1.29, 1.82) is 0 Å². The van der Waals surface area contributed by atoms with Crippen LogP contribution in [0.15, 0.2) is 53.1 Å². The third kappa shape index (κ3) is 4.98. The standard InChI is InChI=1S/C22H24ClN5O3/c1-27-20(25-22(30)28-10-12-31-13-11-28)14-19(26-27)15-6-8-16(9-7-15)24-21(29)17-4-2-3-5-18(17)23/h4-9,14H,2-3,10-13H2,1H3,(H,24,29)(H,25,30). The number of amides is 3. The lowest BCUT2D eigenvalue weighted by Crippen LogP contribution is -2.43. The minimum atomic E-state index is -0.223. The molecule has 0 bridgehead atoms. The van der Waals surface area contributed by atoms with E-state index in [1.54, 1.807) is 16.6 Å². The lowest BCUT2D eigenvalue weighted by molar-refractivity contribution is -0.112. The van der Waals surface area contributed by atoms with Gasteiger partial charge in [0.05, 0.1) is 24.5 Å². The van der Waals surface area contributed by atoms with Crippen LogP contribution in [0.2, 0.25) is 0 Å². The second-order valence-electron chi connectivity index (χ2n) is 7.35. The Hall–Kier alpha value is -3.10. The summed E-state index contributed by atoms with van der Waals surface area (Å²) in [4.78, 5) is 26.6. The Morgan fingerprint density at radius 3 is 2.48 bits per heavy atom. The molecule has 1 aromatic carbocycles. The van der Waals surface area contributed by atoms with Crippen LogP contribution in [-0.4, -0.2) is 52.9 Å². The number of rotatable bonds is 4. The number of nitrogens with zero attached hydrogens (tertiary/aromatic N) is 3. The number of hydrogen-bond donors (Lipinski definition) is 2. The van der Waals surface area contributed by atoms with Gasteiger partial charge < -0.3 is 15.0 Å². The van der Waals surface area contributed by atoms with Crippen LogP contribution >= 0.6 is 11.6 Å². The number of ether oxygens (including phenoxy) is 1. The van der Waals surface area contributed by atoms with Crippen molar-refractivity contribution in [2.45, 2.75) is 12.8 Å². The number of aromatic nitrogens is 2. The number of aryl methyl sites for hydroxylation is 1. The Kier molecular flexibility index (Phi) is 6.39. The Morgan fingerprint density at radius 1 is 1.06 bits per heavy atom. The van der Waals surface area contributed by atoms with Gasteiger partial charge in [-0.05, 0) is 25.0 Å². The molecule has 1 aromatic heterocycles. The maximum absolute atomic E-state index is 12.4. The summed E-state index contributed by atoms with van der Waals surface area (Å²) in [5.74, 6) is 0.384. The molecular weight excluding hydrogens is 418 g/mol. The van der Waals surface area contributed by atoms with Crippen LogP contribution in [0.4, 0.5) is 16.3 Å². The summed E-state index contributed by atoms with van der Waals surface area (Å²) in [5.41, 5.74) is 2.76. The first kappa shape index (κ1) is 21.1. The molecular formula is C22H24ClN5O3. The lowest BCUT2D eigenvalue weighted by atomic mass is 10.1. The number of carbonyl (C=O) groups excluding carboxylic acids is 2. The van der Waals surface area contributed by atoms with Crippen LogP contribution in [0.3, 0.4) is 0 Å². The van der Waals surface area contributed by atoms with E-state index >= 15 is 0 Å². The van der Waals surface area contributed by atoms with Gasteiger partial charge in [-0.2, -0.15) is 5.10 Å². The number of morpholine rings is 1. The van der Waals surface area contributed by atoms with Gasteiger partial charge in [-0.3, -0.25) is 14.8 Å². The summed E-state index contributed by atoms with van der Waals surface area (Å²) in [6.07, 6.45) is 5.37. The van der Waals surface area contributed by atoms with Crippen molar-refractivity contribution in [3.05, 3.63) is 53.1 Å². The second kappa shape index (κ2) is 9.36. The number of allylic oxidation sites excluding steroid dienone is 2. The van der Waals surface area contributed by atoms with Crippen molar-refractivity contribution < 1.29 is 14.3 Å². The van der Waals surface area contributed by atoms with Gasteiger partial charge in [0.25, 0.3) is 5.91 Å². The predicted molar refractivity (Wildman–Crippen MR) is 120 cm³/mol. The van der Waals surface area contributed by atoms with E-state index in [0.29, 0.717) is 48.4 Å². The van der Waals surface area contributed by atoms with Crippen molar-refractivity contribution in [3.63, 3.8) is 0 Å². The molecule has 162 valence electrons. The zero-order chi connectivity index (χ0) is 21.8. The molecule has 31 heavy (non-hydrogen) atoms. The molecule has 2 N–H and O–H groups in total. The van der Waals surface area contributed by atoms with Crippen LogP contribution in [-0.2, 0) is 16.6 Å². The van der Waals surface area contributed by atoms with Crippen LogP contribution in [0.25, 0.3) is 11.3 Å². The van der Waals surface area contributed by atoms with E-state index in [1.165, 1.54) is 0 Å². The molecule has 8 nitrogen and oxygen atoms in total. The molecule has 9 heteroatoms. The highest BCUT2D eigenvalue weighted by Crippen LogP contribution is 2.26. The van der Waals surface area contributed by atoms with Crippen molar-refractivity contribution in [1.82, 2.24) is 14.7 Å². The smallest absolute Gasteiger partial charge is 0.323 e. The summed E-state index contributed by atoms with van der Waals surface area (Å²) in [6.45, 7) is 2.24. The Balaban J connectivity index is 1.41. The number of carbonyl (C=O) groups is 2. The number of benzene rings is 1. The highest BCUT2D eigenvalue weighted by atomic mass is 35.5. The van der Waals surface area contributed by atoms with Crippen LogP contribution < -0.4 is 10.6 Å². The van der Waals surface area contributed by atoms with Crippen molar-refractivity contribution >= 4 is 35.0 Å². The summed E-state index contributed by atoms with van der Waals surface area (Å²) >= 11 is 6.13. The molecule has 1 fully saturated rings. The molecule has 1 saturated heterocycles. The van der Waals surface area contributed by atoms with E-state index in [1.807, 2.05) is 42.5 Å². The van der Waals surface area contributed by atoms with Crippen LogP contribution in [0.5, 0.6) is 0 Å². The zero-order valence-electron chi connectivity index (χ0n) is 17.2. The summed E-state index contributed by atoms with van der Waals surface area (Å²) < 4.78 is 6.91. The van der Waals surface area contributed by atoms with Gasteiger partial charge in [-0.15, -0.1) is 0 Å². The van der Waals surface area contributed by atoms with Gasteiger partial charge in [0.1, 0.15) is 5.82 Å². The molecule has 1 aliphatic heterocycles. The van der Waals surface area contributed by atoms with Gasteiger partial charge in [-0.25, -0.2) is 4.79 Å². The van der Waals surface area contributed by atoms with Gasteiger partial charge in [0, 0.05) is 42.5 Å². The van der Waals surface area contributed by atoms with E-state index in [2.05, 4.69) is 15.7 Å². The Morgan fingerprint density at radius 2 is 1.77 bits per heavy atom. The molecule has 2 aromatic rings. The molecule has 1 aliphatic carbocycles. The third-order valence-electron chi connectivity index (χ3n) is 5.19. The van der Waals surface area contributed by atoms with Gasteiger partial charge in [-0.1, -0.05) is 35.9 Å². The minimum absolute atomic E-state index is 0.166. The summed E-state index contributed by atoms with van der Waals surface area (Å²) in [7, 11) is 1.78. The molecule has 0 unspecified atom stereocenters. The highest BCUT2D eigenvalue weighted by molar-refractivity contribution is 6.36. The van der Waals surface area contributed by atoms with E-state index < -0.39 is 0 Å². The first-order valence-corrected chi connectivity index (χ1v) is 10.5. The van der Waals surface area contributed by atoms with Crippen molar-refractivity contribution in [2.24, 2.45) is 7.05 Å². The molecule has 0 radical (unpaired) electrons.